The Hall–Kier alpha value is -1.72. The fourth-order valence-corrected chi connectivity index (χ4v) is 3.55. The van der Waals surface area contributed by atoms with Crippen molar-refractivity contribution in [1.29, 1.82) is 0 Å². The van der Waals surface area contributed by atoms with Crippen LogP contribution in [0.1, 0.15) is 34.3 Å². The minimum atomic E-state index is 0.302. The number of benzene rings is 2. The normalized spacial score (nSPS) is 23.9. The molecule has 4 rings (SSSR count). The number of rotatable bonds is 8. The van der Waals surface area contributed by atoms with Gasteiger partial charge in [-0.05, 0) is 42.8 Å². The van der Waals surface area contributed by atoms with E-state index in [0.29, 0.717) is 24.3 Å². The highest BCUT2D eigenvalue weighted by atomic mass is 16.6. The summed E-state index contributed by atoms with van der Waals surface area (Å²) in [5, 5.41) is 6.69. The van der Waals surface area contributed by atoms with Gasteiger partial charge in [-0.1, -0.05) is 48.5 Å². The molecule has 0 aliphatic carbocycles. The van der Waals surface area contributed by atoms with Gasteiger partial charge in [0.1, 0.15) is 12.2 Å². The van der Waals surface area contributed by atoms with E-state index in [2.05, 4.69) is 59.2 Å². The van der Waals surface area contributed by atoms with E-state index in [9.17, 15) is 0 Å². The van der Waals surface area contributed by atoms with E-state index in [0.717, 1.165) is 19.6 Å². The third kappa shape index (κ3) is 3.93. The highest BCUT2D eigenvalue weighted by molar-refractivity contribution is 5.33. The van der Waals surface area contributed by atoms with Crippen LogP contribution in [0.25, 0.3) is 0 Å². The van der Waals surface area contributed by atoms with Gasteiger partial charge >= 0.3 is 0 Å². The van der Waals surface area contributed by atoms with Crippen molar-refractivity contribution < 1.29 is 9.47 Å². The van der Waals surface area contributed by atoms with Gasteiger partial charge in [-0.25, -0.2) is 0 Å². The van der Waals surface area contributed by atoms with Crippen molar-refractivity contribution in [2.24, 2.45) is 0 Å². The first-order valence-corrected chi connectivity index (χ1v) is 9.04. The summed E-state index contributed by atoms with van der Waals surface area (Å²) in [6.07, 6.45) is 1.62. The molecule has 25 heavy (non-hydrogen) atoms. The summed E-state index contributed by atoms with van der Waals surface area (Å²) in [4.78, 5) is 0. The lowest BCUT2D eigenvalue weighted by atomic mass is 9.97. The summed E-state index contributed by atoms with van der Waals surface area (Å²) in [5.74, 6) is 0. The molecule has 4 unspecified atom stereocenters. The molecule has 2 N–H and O–H groups in total. The molecule has 4 nitrogen and oxygen atoms in total. The van der Waals surface area contributed by atoms with Crippen molar-refractivity contribution in [3.05, 3.63) is 70.8 Å². The van der Waals surface area contributed by atoms with E-state index >= 15 is 0 Å². The van der Waals surface area contributed by atoms with Crippen LogP contribution in [0.3, 0.4) is 0 Å². The molecule has 4 atom stereocenters. The van der Waals surface area contributed by atoms with Crippen LogP contribution in [0.5, 0.6) is 0 Å². The standard InChI is InChI=1S/C21H26N2O2/c1-22-20(18-12-24-18)16-7-3-14(4-8-16)11-15-5-9-17(10-6-15)21(23-2)19-13-25-19/h3-10,18-23H,11-13H2,1-2H3. The Morgan fingerprint density at radius 3 is 1.40 bits per heavy atom. The second-order valence-corrected chi connectivity index (χ2v) is 6.94. The van der Waals surface area contributed by atoms with Crippen LogP contribution in [0, 0.1) is 0 Å². The molecule has 2 aromatic carbocycles. The predicted octanol–water partition coefficient (Wildman–Crippen LogP) is 2.60. The van der Waals surface area contributed by atoms with Crippen molar-refractivity contribution in [2.45, 2.75) is 30.7 Å². The topological polar surface area (TPSA) is 49.1 Å². The Morgan fingerprint density at radius 2 is 1.12 bits per heavy atom. The van der Waals surface area contributed by atoms with Crippen LogP contribution < -0.4 is 10.6 Å². The molecule has 0 spiro atoms. The highest BCUT2D eigenvalue weighted by Gasteiger charge is 2.33. The van der Waals surface area contributed by atoms with Gasteiger partial charge in [-0.3, -0.25) is 0 Å². The van der Waals surface area contributed by atoms with Crippen molar-refractivity contribution in [2.75, 3.05) is 27.3 Å². The third-order valence-electron chi connectivity index (χ3n) is 5.17. The van der Waals surface area contributed by atoms with E-state index in [4.69, 9.17) is 9.47 Å². The van der Waals surface area contributed by atoms with Crippen molar-refractivity contribution in [3.8, 4) is 0 Å². The SMILES string of the molecule is CNC(c1ccc(Cc2ccc(C(NC)C3CO3)cc2)cc1)C1CO1. The van der Waals surface area contributed by atoms with E-state index in [1.807, 2.05) is 14.1 Å². The molecule has 2 aliphatic heterocycles. The smallest absolute Gasteiger partial charge is 0.100 e. The summed E-state index contributed by atoms with van der Waals surface area (Å²) >= 11 is 0. The zero-order chi connectivity index (χ0) is 17.2. The van der Waals surface area contributed by atoms with Gasteiger partial charge in [0, 0.05) is 0 Å². The molecule has 0 radical (unpaired) electrons. The van der Waals surface area contributed by atoms with Gasteiger partial charge < -0.3 is 20.1 Å². The Morgan fingerprint density at radius 1 is 0.760 bits per heavy atom. The summed E-state index contributed by atoms with van der Waals surface area (Å²) in [5.41, 5.74) is 5.26. The average molecular weight is 338 g/mol. The number of nitrogens with one attached hydrogen (secondary N) is 2. The molecular formula is C21H26N2O2. The lowest BCUT2D eigenvalue weighted by molar-refractivity contribution is 0.354. The average Bonchev–Trinajstić information content (AvgIpc) is 3.53. The number of epoxide rings is 2. The maximum absolute atomic E-state index is 5.43. The fraction of sp³-hybridized carbons (Fsp3) is 0.429. The number of hydrogen-bond acceptors (Lipinski definition) is 4. The minimum Gasteiger partial charge on any atom is -0.371 e. The summed E-state index contributed by atoms with van der Waals surface area (Å²) < 4.78 is 10.9. The molecular weight excluding hydrogens is 312 g/mol. The molecule has 0 bridgehead atoms. The van der Waals surface area contributed by atoms with E-state index in [1.165, 1.54) is 22.3 Å². The number of likely N-dealkylation sites (N-methyl/N-ethyl adjacent to an activating group) is 2. The zero-order valence-corrected chi connectivity index (χ0v) is 14.9. The van der Waals surface area contributed by atoms with Crippen molar-refractivity contribution >= 4 is 0 Å². The lowest BCUT2D eigenvalue weighted by Gasteiger charge is -2.15. The van der Waals surface area contributed by atoms with Crippen LogP contribution in [-0.2, 0) is 15.9 Å². The second-order valence-electron chi connectivity index (χ2n) is 6.94. The maximum Gasteiger partial charge on any atom is 0.100 e. The summed E-state index contributed by atoms with van der Waals surface area (Å²) in [6.45, 7) is 1.72. The predicted molar refractivity (Wildman–Crippen MR) is 98.8 cm³/mol. The number of hydrogen-bond donors (Lipinski definition) is 2. The molecule has 0 aromatic heterocycles. The van der Waals surface area contributed by atoms with Crippen LogP contribution in [0.4, 0.5) is 0 Å². The molecule has 2 aromatic rings. The Kier molecular flexibility index (Phi) is 4.86. The maximum atomic E-state index is 5.43. The van der Waals surface area contributed by atoms with Gasteiger partial charge in [0.25, 0.3) is 0 Å². The van der Waals surface area contributed by atoms with Gasteiger partial charge in [0.05, 0.1) is 25.3 Å². The molecule has 132 valence electrons. The zero-order valence-electron chi connectivity index (χ0n) is 14.9. The molecule has 0 saturated carbocycles. The van der Waals surface area contributed by atoms with Crippen LogP contribution in [-0.4, -0.2) is 39.5 Å². The largest absolute Gasteiger partial charge is 0.371 e. The molecule has 2 aliphatic rings. The Bertz CT molecular complexity index is 629. The van der Waals surface area contributed by atoms with E-state index in [1.54, 1.807) is 0 Å². The van der Waals surface area contributed by atoms with Gasteiger partial charge in [0.15, 0.2) is 0 Å². The monoisotopic (exact) mass is 338 g/mol. The summed E-state index contributed by atoms with van der Waals surface area (Å²) in [7, 11) is 3.99. The molecule has 2 fully saturated rings. The minimum absolute atomic E-state index is 0.302. The van der Waals surface area contributed by atoms with Crippen molar-refractivity contribution in [1.82, 2.24) is 10.6 Å². The first-order valence-electron chi connectivity index (χ1n) is 9.04. The van der Waals surface area contributed by atoms with Crippen LogP contribution >= 0.6 is 0 Å². The van der Waals surface area contributed by atoms with Crippen LogP contribution in [0.2, 0.25) is 0 Å². The second kappa shape index (κ2) is 7.26. The van der Waals surface area contributed by atoms with Crippen molar-refractivity contribution in [3.63, 3.8) is 0 Å². The van der Waals surface area contributed by atoms with E-state index in [-0.39, 0.29) is 0 Å². The lowest BCUT2D eigenvalue weighted by Crippen LogP contribution is -2.21. The number of ether oxygens (including phenoxy) is 2. The summed E-state index contributed by atoms with van der Waals surface area (Å²) in [6, 6.07) is 18.4. The third-order valence-corrected chi connectivity index (χ3v) is 5.17. The van der Waals surface area contributed by atoms with E-state index < -0.39 is 0 Å². The van der Waals surface area contributed by atoms with Gasteiger partial charge in [-0.15, -0.1) is 0 Å². The Balaban J connectivity index is 1.41. The quantitative estimate of drug-likeness (QED) is 0.727. The van der Waals surface area contributed by atoms with Crippen LogP contribution in [0.15, 0.2) is 48.5 Å². The first kappa shape index (κ1) is 16.7. The molecule has 2 saturated heterocycles. The first-order chi connectivity index (χ1) is 12.3. The fourth-order valence-electron chi connectivity index (χ4n) is 3.55. The molecule has 4 heteroatoms. The molecule has 0 amide bonds. The highest BCUT2D eigenvalue weighted by Crippen LogP contribution is 2.29. The van der Waals surface area contributed by atoms with Gasteiger partial charge in [-0.2, -0.15) is 0 Å². The Labute approximate surface area is 149 Å². The van der Waals surface area contributed by atoms with Gasteiger partial charge in [0.2, 0.25) is 0 Å². The molecule has 2 heterocycles.